The monoisotopic (exact) mass is 651 g/mol. The van der Waals surface area contributed by atoms with E-state index < -0.39 is 5.41 Å². The van der Waals surface area contributed by atoms with Crippen molar-refractivity contribution in [2.24, 2.45) is 0 Å². The van der Waals surface area contributed by atoms with Crippen LogP contribution >= 0.6 is 0 Å². The molecule has 1 aliphatic carbocycles. The van der Waals surface area contributed by atoms with Gasteiger partial charge in [-0.25, -0.2) is 0 Å². The van der Waals surface area contributed by atoms with E-state index in [4.69, 9.17) is 4.42 Å². The van der Waals surface area contributed by atoms with Crippen LogP contribution in [-0.2, 0) is 5.41 Å². The maximum absolute atomic E-state index is 6.61. The Morgan fingerprint density at radius 3 is 1.59 bits per heavy atom. The van der Waals surface area contributed by atoms with Crippen molar-refractivity contribution in [3.63, 3.8) is 0 Å². The topological polar surface area (TPSA) is 16.4 Å². The average molecular weight is 652 g/mol. The number of anilines is 3. The van der Waals surface area contributed by atoms with Crippen LogP contribution in [0.3, 0.4) is 0 Å². The van der Waals surface area contributed by atoms with Crippen molar-refractivity contribution in [2.45, 2.75) is 5.41 Å². The Hall–Kier alpha value is -6.64. The van der Waals surface area contributed by atoms with E-state index in [0.29, 0.717) is 0 Å². The molecule has 1 aromatic heterocycles. The Bertz CT molecular complexity index is 2650. The van der Waals surface area contributed by atoms with Crippen molar-refractivity contribution >= 4 is 39.0 Å². The van der Waals surface area contributed by atoms with Gasteiger partial charge in [0.2, 0.25) is 0 Å². The van der Waals surface area contributed by atoms with Gasteiger partial charge in [-0.3, -0.25) is 0 Å². The minimum absolute atomic E-state index is 0.480. The maximum Gasteiger partial charge on any atom is 0.137 e. The number of furan rings is 1. The highest BCUT2D eigenvalue weighted by molar-refractivity contribution is 6.07. The molecule has 1 heterocycles. The molecule has 0 bridgehead atoms. The van der Waals surface area contributed by atoms with E-state index in [1.54, 1.807) is 0 Å². The summed E-state index contributed by atoms with van der Waals surface area (Å²) in [5.41, 5.74) is 14.5. The standard InChI is InChI=1S/C49H33NO/c1-4-15-34(16-5-1)35-27-29-43-44-30-28-40(33-48(44)51-47(43)31-35)50(38-20-8-3-9-21-38)39-22-14-19-37(32-39)49(36-17-6-2-7-18-36)45-25-12-10-23-41(45)42-24-11-13-26-46(42)49/h1-33H. The zero-order chi connectivity index (χ0) is 33.8. The first-order valence-corrected chi connectivity index (χ1v) is 17.5. The van der Waals surface area contributed by atoms with Crippen LogP contribution < -0.4 is 4.90 Å². The summed E-state index contributed by atoms with van der Waals surface area (Å²) >= 11 is 0. The van der Waals surface area contributed by atoms with Crippen molar-refractivity contribution in [2.75, 3.05) is 4.90 Å². The van der Waals surface area contributed by atoms with Crippen LogP contribution in [0.15, 0.2) is 205 Å². The highest BCUT2D eigenvalue weighted by Gasteiger charge is 2.46. The summed E-state index contributed by atoms with van der Waals surface area (Å²) in [6.45, 7) is 0. The van der Waals surface area contributed by atoms with Crippen LogP contribution in [0.2, 0.25) is 0 Å². The molecule has 10 rings (SSSR count). The second kappa shape index (κ2) is 11.8. The van der Waals surface area contributed by atoms with Gasteiger partial charge in [0.15, 0.2) is 0 Å². The van der Waals surface area contributed by atoms with E-state index >= 15 is 0 Å². The molecule has 240 valence electrons. The van der Waals surface area contributed by atoms with Crippen LogP contribution in [0, 0.1) is 0 Å². The summed E-state index contributed by atoms with van der Waals surface area (Å²) in [6.07, 6.45) is 0. The minimum Gasteiger partial charge on any atom is -0.456 e. The van der Waals surface area contributed by atoms with Gasteiger partial charge in [-0.2, -0.15) is 0 Å². The fraction of sp³-hybridized carbons (Fsp3) is 0.0204. The van der Waals surface area contributed by atoms with Gasteiger partial charge in [0.05, 0.1) is 5.41 Å². The molecule has 0 amide bonds. The molecule has 0 radical (unpaired) electrons. The van der Waals surface area contributed by atoms with Crippen molar-refractivity contribution in [3.05, 3.63) is 222 Å². The van der Waals surface area contributed by atoms with E-state index in [9.17, 15) is 0 Å². The third kappa shape index (κ3) is 4.57. The molecule has 2 heteroatoms. The second-order valence-electron chi connectivity index (χ2n) is 13.3. The van der Waals surface area contributed by atoms with Gasteiger partial charge in [-0.15, -0.1) is 0 Å². The van der Waals surface area contributed by atoms with Gasteiger partial charge in [0.1, 0.15) is 11.2 Å². The van der Waals surface area contributed by atoms with Gasteiger partial charge in [-0.1, -0.05) is 146 Å². The largest absolute Gasteiger partial charge is 0.456 e. The van der Waals surface area contributed by atoms with Crippen LogP contribution in [0.25, 0.3) is 44.2 Å². The van der Waals surface area contributed by atoms with Crippen molar-refractivity contribution < 1.29 is 4.42 Å². The van der Waals surface area contributed by atoms with Crippen molar-refractivity contribution in [3.8, 4) is 22.3 Å². The molecule has 0 saturated carbocycles. The first-order valence-electron chi connectivity index (χ1n) is 17.5. The highest BCUT2D eigenvalue weighted by atomic mass is 16.3. The number of nitrogens with zero attached hydrogens (tertiary/aromatic N) is 1. The van der Waals surface area contributed by atoms with Crippen LogP contribution in [0.4, 0.5) is 17.1 Å². The molecule has 1 aliphatic rings. The van der Waals surface area contributed by atoms with Gasteiger partial charge in [0.25, 0.3) is 0 Å². The Morgan fingerprint density at radius 2 is 0.882 bits per heavy atom. The quantitative estimate of drug-likeness (QED) is 0.178. The molecule has 51 heavy (non-hydrogen) atoms. The number of fused-ring (bicyclic) bond motifs is 6. The lowest BCUT2D eigenvalue weighted by Crippen LogP contribution is -2.28. The molecule has 8 aromatic carbocycles. The smallest absolute Gasteiger partial charge is 0.137 e. The fourth-order valence-electron chi connectivity index (χ4n) is 8.33. The lowest BCUT2D eigenvalue weighted by molar-refractivity contribution is 0.669. The molecule has 0 spiro atoms. The van der Waals surface area contributed by atoms with E-state index in [1.807, 2.05) is 6.07 Å². The summed E-state index contributed by atoms with van der Waals surface area (Å²) in [4.78, 5) is 2.34. The molecular weight excluding hydrogens is 619 g/mol. The van der Waals surface area contributed by atoms with Crippen LogP contribution in [0.5, 0.6) is 0 Å². The molecule has 0 atom stereocenters. The first-order chi connectivity index (χ1) is 25.3. The summed E-state index contributed by atoms with van der Waals surface area (Å²) in [5.74, 6) is 0. The fourth-order valence-corrected chi connectivity index (χ4v) is 8.33. The second-order valence-corrected chi connectivity index (χ2v) is 13.3. The number of para-hydroxylation sites is 1. The lowest BCUT2D eigenvalue weighted by atomic mass is 9.67. The number of rotatable bonds is 6. The number of hydrogen-bond donors (Lipinski definition) is 0. The Balaban J connectivity index is 1.17. The summed E-state index contributed by atoms with van der Waals surface area (Å²) < 4.78 is 6.61. The van der Waals surface area contributed by atoms with E-state index in [0.717, 1.165) is 44.6 Å². The zero-order valence-corrected chi connectivity index (χ0v) is 27.9. The molecular formula is C49H33NO. The third-order valence-electron chi connectivity index (χ3n) is 10.5. The third-order valence-corrected chi connectivity index (χ3v) is 10.5. The number of hydrogen-bond acceptors (Lipinski definition) is 2. The SMILES string of the molecule is c1ccc(-c2ccc3c(c2)oc2cc(N(c4ccccc4)c4cccc(C5(c6ccccc6)c6ccccc6-c6ccccc65)c4)ccc23)cc1. The van der Waals surface area contributed by atoms with Crippen LogP contribution in [0.1, 0.15) is 22.3 Å². The minimum atomic E-state index is -0.480. The predicted molar refractivity (Wildman–Crippen MR) is 211 cm³/mol. The van der Waals surface area contributed by atoms with Gasteiger partial charge in [0, 0.05) is 33.9 Å². The van der Waals surface area contributed by atoms with E-state index in [-0.39, 0.29) is 0 Å². The molecule has 9 aromatic rings. The van der Waals surface area contributed by atoms with Gasteiger partial charge in [-0.05, 0) is 93.0 Å². The molecule has 2 nitrogen and oxygen atoms in total. The van der Waals surface area contributed by atoms with Crippen LogP contribution in [-0.4, -0.2) is 0 Å². The highest BCUT2D eigenvalue weighted by Crippen LogP contribution is 2.56. The lowest BCUT2D eigenvalue weighted by Gasteiger charge is -2.35. The van der Waals surface area contributed by atoms with E-state index in [2.05, 4.69) is 199 Å². The Morgan fingerprint density at radius 1 is 0.353 bits per heavy atom. The first kappa shape index (κ1) is 29.3. The Labute approximate surface area is 297 Å². The summed E-state index contributed by atoms with van der Waals surface area (Å²) in [6, 6.07) is 72.1. The molecule has 0 fully saturated rings. The molecule has 0 saturated heterocycles. The molecule has 0 aliphatic heterocycles. The van der Waals surface area contributed by atoms with Crippen molar-refractivity contribution in [1.29, 1.82) is 0 Å². The maximum atomic E-state index is 6.61. The molecule has 0 unspecified atom stereocenters. The normalized spacial score (nSPS) is 12.9. The summed E-state index contributed by atoms with van der Waals surface area (Å²) in [7, 11) is 0. The molecule has 0 N–H and O–H groups in total. The Kier molecular flexibility index (Phi) is 6.75. The van der Waals surface area contributed by atoms with Gasteiger partial charge >= 0.3 is 0 Å². The predicted octanol–water partition coefficient (Wildman–Crippen LogP) is 13.1. The van der Waals surface area contributed by atoms with E-state index in [1.165, 1.54) is 38.9 Å². The average Bonchev–Trinajstić information content (AvgIpc) is 3.72. The van der Waals surface area contributed by atoms with Gasteiger partial charge < -0.3 is 9.32 Å². The summed E-state index contributed by atoms with van der Waals surface area (Å²) in [5, 5.41) is 2.23. The number of benzene rings is 8. The van der Waals surface area contributed by atoms with Crippen molar-refractivity contribution in [1.82, 2.24) is 0 Å². The zero-order valence-electron chi connectivity index (χ0n) is 27.9.